The van der Waals surface area contributed by atoms with Crippen molar-refractivity contribution in [1.82, 2.24) is 0 Å². The van der Waals surface area contributed by atoms with Crippen LogP contribution in [0.25, 0.3) is 0 Å². The third kappa shape index (κ3) is 7.07. The maximum Gasteiger partial charge on any atom is 0.338 e. The van der Waals surface area contributed by atoms with Crippen molar-refractivity contribution in [3.8, 4) is 0 Å². The first-order chi connectivity index (χ1) is 12.5. The molecule has 3 rings (SSSR count). The molecule has 2 bridgehead atoms. The molecule has 0 saturated carbocycles. The lowest BCUT2D eigenvalue weighted by Gasteiger charge is -2.30. The molecule has 2 aliphatic heterocycles. The van der Waals surface area contributed by atoms with Gasteiger partial charge in [-0.3, -0.25) is 4.79 Å². The third-order valence-electron chi connectivity index (χ3n) is 4.15. The molecule has 2 heterocycles. The molecule has 27 heavy (non-hydrogen) atoms. The standard InChI is InChI=1S/C21H29IO5/c1-20(2,3)27-19(24)17-10-14-6-7-15(17)11-18(23)26-21(4,5)12-16(8-9-22)25-13-14/h6-7,10,16H,8-9,11-13H2,1-5H3. The van der Waals surface area contributed by atoms with Crippen molar-refractivity contribution in [2.45, 2.75) is 77.8 Å². The summed E-state index contributed by atoms with van der Waals surface area (Å²) < 4.78 is 18.3. The van der Waals surface area contributed by atoms with E-state index in [1.54, 1.807) is 12.1 Å². The maximum absolute atomic E-state index is 12.7. The fourth-order valence-corrected chi connectivity index (χ4v) is 3.76. The van der Waals surface area contributed by atoms with Gasteiger partial charge in [0.15, 0.2) is 0 Å². The van der Waals surface area contributed by atoms with Crippen molar-refractivity contribution in [3.63, 3.8) is 0 Å². The molecule has 0 radical (unpaired) electrons. The van der Waals surface area contributed by atoms with Crippen LogP contribution in [0.15, 0.2) is 18.2 Å². The van der Waals surface area contributed by atoms with Gasteiger partial charge in [-0.1, -0.05) is 34.7 Å². The Hall–Kier alpha value is -1.15. The van der Waals surface area contributed by atoms with E-state index < -0.39 is 17.2 Å². The van der Waals surface area contributed by atoms with Crippen molar-refractivity contribution in [2.24, 2.45) is 0 Å². The van der Waals surface area contributed by atoms with Gasteiger partial charge in [0.2, 0.25) is 0 Å². The summed E-state index contributed by atoms with van der Waals surface area (Å²) in [5.74, 6) is -0.793. The number of benzene rings is 1. The van der Waals surface area contributed by atoms with Gasteiger partial charge in [0.1, 0.15) is 11.2 Å². The summed E-state index contributed by atoms with van der Waals surface area (Å²) in [6, 6.07) is 5.45. The van der Waals surface area contributed by atoms with Crippen molar-refractivity contribution in [3.05, 3.63) is 34.9 Å². The minimum absolute atomic E-state index is 0.0196. The number of fused-ring (bicyclic) bond motifs is 9. The zero-order chi connectivity index (χ0) is 20.2. The van der Waals surface area contributed by atoms with E-state index in [9.17, 15) is 9.59 Å². The van der Waals surface area contributed by atoms with Crippen molar-refractivity contribution in [1.29, 1.82) is 0 Å². The summed E-state index contributed by atoms with van der Waals surface area (Å²) in [5, 5.41) is 0. The summed E-state index contributed by atoms with van der Waals surface area (Å²) >= 11 is 2.32. The van der Waals surface area contributed by atoms with Gasteiger partial charge in [-0.15, -0.1) is 0 Å². The SMILES string of the molecule is CC(C)(C)OC(=O)c1cc2ccc1CC(=O)OC(C)(C)CC(CCI)OC2. The predicted octanol–water partition coefficient (Wildman–Crippen LogP) is 4.62. The summed E-state index contributed by atoms with van der Waals surface area (Å²) in [6.45, 7) is 9.67. The normalized spacial score (nSPS) is 20.4. The van der Waals surface area contributed by atoms with Crippen LogP contribution in [-0.4, -0.2) is 33.7 Å². The van der Waals surface area contributed by atoms with Gasteiger partial charge < -0.3 is 14.2 Å². The summed E-state index contributed by atoms with van der Waals surface area (Å²) in [4.78, 5) is 25.2. The highest BCUT2D eigenvalue weighted by Gasteiger charge is 2.30. The molecule has 0 amide bonds. The van der Waals surface area contributed by atoms with E-state index in [-0.39, 0.29) is 18.5 Å². The average molecular weight is 488 g/mol. The van der Waals surface area contributed by atoms with Crippen molar-refractivity contribution in [2.75, 3.05) is 4.43 Å². The predicted molar refractivity (Wildman–Crippen MR) is 112 cm³/mol. The first-order valence-electron chi connectivity index (χ1n) is 9.24. The second-order valence-corrected chi connectivity index (χ2v) is 9.60. The Balaban J connectivity index is 2.38. The molecule has 2 aliphatic rings. The number of rotatable bonds is 3. The second-order valence-electron chi connectivity index (χ2n) is 8.52. The Morgan fingerprint density at radius 2 is 2.04 bits per heavy atom. The quantitative estimate of drug-likeness (QED) is 0.353. The Kier molecular flexibility index (Phi) is 7.30. The Morgan fingerprint density at radius 1 is 1.33 bits per heavy atom. The lowest BCUT2D eigenvalue weighted by molar-refractivity contribution is -0.159. The topological polar surface area (TPSA) is 61.8 Å². The third-order valence-corrected chi connectivity index (χ3v) is 4.78. The van der Waals surface area contributed by atoms with Gasteiger partial charge in [-0.05, 0) is 58.2 Å². The van der Waals surface area contributed by atoms with Gasteiger partial charge >= 0.3 is 11.9 Å². The smallest absolute Gasteiger partial charge is 0.338 e. The molecule has 1 aromatic carbocycles. The highest BCUT2D eigenvalue weighted by Crippen LogP contribution is 2.26. The van der Waals surface area contributed by atoms with Gasteiger partial charge in [0, 0.05) is 10.8 Å². The molecular formula is C21H29IO5. The molecule has 6 heteroatoms. The fraction of sp³-hybridized carbons (Fsp3) is 0.619. The first-order valence-corrected chi connectivity index (χ1v) is 10.8. The molecule has 5 nitrogen and oxygen atoms in total. The Bertz CT molecular complexity index is 690. The Labute approximate surface area is 175 Å². The Morgan fingerprint density at radius 3 is 2.67 bits per heavy atom. The number of halogens is 1. The second kappa shape index (κ2) is 8.90. The zero-order valence-corrected chi connectivity index (χ0v) is 18.9. The minimum Gasteiger partial charge on any atom is -0.459 e. The molecule has 1 unspecified atom stereocenters. The monoisotopic (exact) mass is 488 g/mol. The molecular weight excluding hydrogens is 459 g/mol. The number of alkyl halides is 1. The zero-order valence-electron chi connectivity index (χ0n) is 16.8. The minimum atomic E-state index is -0.628. The first kappa shape index (κ1) is 22.1. The van der Waals surface area contributed by atoms with Crippen LogP contribution in [0.1, 0.15) is 68.9 Å². The van der Waals surface area contributed by atoms with E-state index >= 15 is 0 Å². The van der Waals surface area contributed by atoms with E-state index in [4.69, 9.17) is 14.2 Å². The summed E-state index contributed by atoms with van der Waals surface area (Å²) in [5.41, 5.74) is 0.659. The van der Waals surface area contributed by atoms with Crippen LogP contribution in [-0.2, 0) is 32.0 Å². The van der Waals surface area contributed by atoms with Gasteiger partial charge in [-0.2, -0.15) is 0 Å². The number of carbonyl (C=O) groups is 2. The lowest BCUT2D eigenvalue weighted by Crippen LogP contribution is -2.35. The molecule has 150 valence electrons. The largest absolute Gasteiger partial charge is 0.459 e. The van der Waals surface area contributed by atoms with Gasteiger partial charge in [0.25, 0.3) is 0 Å². The average Bonchev–Trinajstić information content (AvgIpc) is 2.50. The molecule has 1 aromatic rings. The summed E-state index contributed by atoms with van der Waals surface area (Å²) in [7, 11) is 0. The highest BCUT2D eigenvalue weighted by molar-refractivity contribution is 14.1. The van der Waals surface area contributed by atoms with Gasteiger partial charge in [-0.25, -0.2) is 4.79 Å². The molecule has 0 spiro atoms. The van der Waals surface area contributed by atoms with Crippen LogP contribution in [0.2, 0.25) is 0 Å². The molecule has 0 N–H and O–H groups in total. The van der Waals surface area contributed by atoms with E-state index in [0.717, 1.165) is 16.4 Å². The summed E-state index contributed by atoms with van der Waals surface area (Å²) in [6.07, 6.45) is 1.53. The van der Waals surface area contributed by atoms with Crippen molar-refractivity contribution >= 4 is 34.5 Å². The lowest BCUT2D eigenvalue weighted by atomic mass is 9.97. The molecule has 0 aliphatic carbocycles. The van der Waals surface area contributed by atoms with Crippen molar-refractivity contribution < 1.29 is 23.8 Å². The van der Waals surface area contributed by atoms with Crippen LogP contribution in [0.4, 0.5) is 0 Å². The maximum atomic E-state index is 12.7. The van der Waals surface area contributed by atoms with E-state index in [1.807, 2.05) is 40.7 Å². The van der Waals surface area contributed by atoms with E-state index in [0.29, 0.717) is 24.2 Å². The molecule has 0 saturated heterocycles. The highest BCUT2D eigenvalue weighted by atomic mass is 127. The van der Waals surface area contributed by atoms with Gasteiger partial charge in [0.05, 0.1) is 24.7 Å². The van der Waals surface area contributed by atoms with E-state index in [1.165, 1.54) is 0 Å². The van der Waals surface area contributed by atoms with E-state index in [2.05, 4.69) is 22.6 Å². The number of hydrogen-bond donors (Lipinski definition) is 0. The molecule has 0 aromatic heterocycles. The fourth-order valence-electron chi connectivity index (χ4n) is 3.06. The molecule has 0 fully saturated rings. The van der Waals surface area contributed by atoms with Crippen LogP contribution in [0, 0.1) is 0 Å². The van der Waals surface area contributed by atoms with Crippen LogP contribution in [0.3, 0.4) is 0 Å². The van der Waals surface area contributed by atoms with Crippen LogP contribution in [0.5, 0.6) is 0 Å². The number of hydrogen-bond acceptors (Lipinski definition) is 5. The molecule has 1 atom stereocenters. The number of carbonyl (C=O) groups excluding carboxylic acids is 2. The van der Waals surface area contributed by atoms with Crippen LogP contribution >= 0.6 is 22.6 Å². The number of esters is 2. The van der Waals surface area contributed by atoms with Crippen LogP contribution < -0.4 is 0 Å². The number of ether oxygens (including phenoxy) is 3.